The van der Waals surface area contributed by atoms with Crippen LogP contribution >= 0.6 is 0 Å². The van der Waals surface area contributed by atoms with Gasteiger partial charge in [0.15, 0.2) is 5.58 Å². The SMILES string of the molecule is Fc1ccc2oc(N3CC(N4CCN(c5ccccn5)CC4)C3)nc2c1. The summed E-state index contributed by atoms with van der Waals surface area (Å²) in [7, 11) is 0. The summed E-state index contributed by atoms with van der Waals surface area (Å²) >= 11 is 0. The Hall–Kier alpha value is -2.67. The van der Waals surface area contributed by atoms with Gasteiger partial charge in [0.1, 0.15) is 17.2 Å². The molecular weight excluding hydrogens is 333 g/mol. The van der Waals surface area contributed by atoms with Gasteiger partial charge in [0.25, 0.3) is 6.01 Å². The fourth-order valence-corrected chi connectivity index (χ4v) is 3.72. The highest BCUT2D eigenvalue weighted by Gasteiger charge is 2.35. The molecule has 4 heterocycles. The Balaban J connectivity index is 1.18. The molecule has 2 saturated heterocycles. The van der Waals surface area contributed by atoms with Gasteiger partial charge in [-0.1, -0.05) is 6.07 Å². The minimum absolute atomic E-state index is 0.287. The summed E-state index contributed by atoms with van der Waals surface area (Å²) < 4.78 is 19.0. The first-order chi connectivity index (χ1) is 12.8. The van der Waals surface area contributed by atoms with Crippen molar-refractivity contribution in [2.24, 2.45) is 0 Å². The Bertz CT molecular complexity index is 901. The van der Waals surface area contributed by atoms with Crippen LogP contribution in [0.4, 0.5) is 16.2 Å². The summed E-state index contributed by atoms with van der Waals surface area (Å²) in [6.07, 6.45) is 1.84. The largest absolute Gasteiger partial charge is 0.423 e. The lowest BCUT2D eigenvalue weighted by Gasteiger charge is -2.47. The molecule has 0 N–H and O–H groups in total. The lowest BCUT2D eigenvalue weighted by molar-refractivity contribution is 0.153. The van der Waals surface area contributed by atoms with Gasteiger partial charge >= 0.3 is 0 Å². The normalized spacial score (nSPS) is 19.1. The molecule has 7 heteroatoms. The minimum atomic E-state index is -0.287. The smallest absolute Gasteiger partial charge is 0.298 e. The van der Waals surface area contributed by atoms with Crippen LogP contribution in [-0.4, -0.2) is 60.2 Å². The highest BCUT2D eigenvalue weighted by Crippen LogP contribution is 2.28. The average molecular weight is 353 g/mol. The Labute approximate surface area is 150 Å². The minimum Gasteiger partial charge on any atom is -0.423 e. The summed E-state index contributed by atoms with van der Waals surface area (Å²) in [5.74, 6) is 0.769. The number of rotatable bonds is 3. The van der Waals surface area contributed by atoms with Gasteiger partial charge < -0.3 is 14.2 Å². The summed E-state index contributed by atoms with van der Waals surface area (Å²) in [6, 6.07) is 11.6. The topological polar surface area (TPSA) is 48.6 Å². The van der Waals surface area contributed by atoms with Gasteiger partial charge in [-0.2, -0.15) is 4.98 Å². The first-order valence-corrected chi connectivity index (χ1v) is 8.97. The lowest BCUT2D eigenvalue weighted by Crippen LogP contribution is -2.63. The first-order valence-electron chi connectivity index (χ1n) is 8.97. The maximum absolute atomic E-state index is 13.3. The van der Waals surface area contributed by atoms with E-state index in [0.717, 1.165) is 45.1 Å². The van der Waals surface area contributed by atoms with Gasteiger partial charge in [-0.25, -0.2) is 9.37 Å². The van der Waals surface area contributed by atoms with Crippen molar-refractivity contribution in [2.75, 3.05) is 49.1 Å². The number of oxazole rings is 1. The second kappa shape index (κ2) is 6.25. The molecule has 5 rings (SSSR count). The number of fused-ring (bicyclic) bond motifs is 1. The lowest BCUT2D eigenvalue weighted by atomic mass is 10.1. The second-order valence-corrected chi connectivity index (χ2v) is 6.88. The van der Waals surface area contributed by atoms with E-state index in [1.54, 1.807) is 6.07 Å². The molecule has 2 aromatic heterocycles. The maximum Gasteiger partial charge on any atom is 0.298 e. The molecule has 0 atom stereocenters. The molecular formula is C19H20FN5O. The van der Waals surface area contributed by atoms with E-state index in [2.05, 4.69) is 30.7 Å². The van der Waals surface area contributed by atoms with Gasteiger partial charge in [-0.3, -0.25) is 4.90 Å². The standard InChI is InChI=1S/C19H20FN5O/c20-14-4-5-17-16(11-14)22-19(26-17)25-12-15(13-25)23-7-9-24(10-8-23)18-3-1-2-6-21-18/h1-6,11,15H,7-10,12-13H2. The molecule has 26 heavy (non-hydrogen) atoms. The fourth-order valence-electron chi connectivity index (χ4n) is 3.72. The van der Waals surface area contributed by atoms with Crippen LogP contribution in [0, 0.1) is 5.82 Å². The van der Waals surface area contributed by atoms with E-state index in [0.29, 0.717) is 23.2 Å². The van der Waals surface area contributed by atoms with E-state index in [4.69, 9.17) is 4.42 Å². The molecule has 3 aromatic rings. The van der Waals surface area contributed by atoms with Gasteiger partial charge in [0, 0.05) is 57.6 Å². The number of nitrogens with zero attached hydrogens (tertiary/aromatic N) is 5. The van der Waals surface area contributed by atoms with Crippen molar-refractivity contribution in [3.63, 3.8) is 0 Å². The maximum atomic E-state index is 13.3. The second-order valence-electron chi connectivity index (χ2n) is 6.88. The van der Waals surface area contributed by atoms with E-state index in [9.17, 15) is 4.39 Å². The van der Waals surface area contributed by atoms with Crippen molar-refractivity contribution in [1.29, 1.82) is 0 Å². The zero-order chi connectivity index (χ0) is 17.5. The number of hydrogen-bond acceptors (Lipinski definition) is 6. The van der Waals surface area contributed by atoms with Crippen molar-refractivity contribution in [2.45, 2.75) is 6.04 Å². The summed E-state index contributed by atoms with van der Waals surface area (Å²) in [5, 5.41) is 0. The number of benzene rings is 1. The number of pyridine rings is 1. The van der Waals surface area contributed by atoms with E-state index >= 15 is 0 Å². The molecule has 0 spiro atoms. The first kappa shape index (κ1) is 15.6. The van der Waals surface area contributed by atoms with E-state index < -0.39 is 0 Å². The molecule has 0 aliphatic carbocycles. The number of aromatic nitrogens is 2. The van der Waals surface area contributed by atoms with Gasteiger partial charge in [-0.05, 0) is 24.3 Å². The quantitative estimate of drug-likeness (QED) is 0.721. The number of hydrogen-bond donors (Lipinski definition) is 0. The third-order valence-electron chi connectivity index (χ3n) is 5.28. The van der Waals surface area contributed by atoms with E-state index in [1.165, 1.54) is 12.1 Å². The zero-order valence-corrected chi connectivity index (χ0v) is 14.4. The Morgan fingerprint density at radius 2 is 1.85 bits per heavy atom. The van der Waals surface area contributed by atoms with Crippen LogP contribution in [0.3, 0.4) is 0 Å². The van der Waals surface area contributed by atoms with Crippen molar-refractivity contribution >= 4 is 22.9 Å². The van der Waals surface area contributed by atoms with Crippen molar-refractivity contribution in [3.05, 3.63) is 48.4 Å². The van der Waals surface area contributed by atoms with E-state index in [1.807, 2.05) is 18.3 Å². The average Bonchev–Trinajstić information content (AvgIpc) is 3.04. The Morgan fingerprint density at radius 1 is 1.00 bits per heavy atom. The molecule has 2 aliphatic rings. The molecule has 2 aliphatic heterocycles. The molecule has 6 nitrogen and oxygen atoms in total. The summed E-state index contributed by atoms with van der Waals surface area (Å²) in [5.41, 5.74) is 1.21. The number of halogens is 1. The van der Waals surface area contributed by atoms with Crippen LogP contribution in [0.1, 0.15) is 0 Å². The van der Waals surface area contributed by atoms with Crippen LogP contribution in [-0.2, 0) is 0 Å². The van der Waals surface area contributed by atoms with E-state index in [-0.39, 0.29) is 5.82 Å². The molecule has 0 amide bonds. The van der Waals surface area contributed by atoms with Crippen LogP contribution in [0.5, 0.6) is 0 Å². The van der Waals surface area contributed by atoms with Gasteiger partial charge in [-0.15, -0.1) is 0 Å². The van der Waals surface area contributed by atoms with Gasteiger partial charge in [0.05, 0.1) is 0 Å². The van der Waals surface area contributed by atoms with Crippen LogP contribution in [0.15, 0.2) is 47.0 Å². The Kier molecular flexibility index (Phi) is 3.74. The predicted molar refractivity (Wildman–Crippen MR) is 98.0 cm³/mol. The predicted octanol–water partition coefficient (Wildman–Crippen LogP) is 2.37. The summed E-state index contributed by atoms with van der Waals surface area (Å²) in [6.45, 7) is 5.87. The Morgan fingerprint density at radius 3 is 2.62 bits per heavy atom. The molecule has 1 aromatic carbocycles. The summed E-state index contributed by atoms with van der Waals surface area (Å²) in [4.78, 5) is 15.8. The number of piperazine rings is 1. The zero-order valence-electron chi connectivity index (χ0n) is 14.4. The number of anilines is 2. The fraction of sp³-hybridized carbons (Fsp3) is 0.368. The molecule has 0 bridgehead atoms. The van der Waals surface area contributed by atoms with Crippen LogP contribution in [0.2, 0.25) is 0 Å². The van der Waals surface area contributed by atoms with Crippen molar-refractivity contribution < 1.29 is 8.81 Å². The third-order valence-corrected chi connectivity index (χ3v) is 5.28. The third kappa shape index (κ3) is 2.78. The highest BCUT2D eigenvalue weighted by molar-refractivity contribution is 5.74. The molecule has 2 fully saturated rings. The van der Waals surface area contributed by atoms with Crippen LogP contribution < -0.4 is 9.80 Å². The molecule has 0 saturated carbocycles. The monoisotopic (exact) mass is 353 g/mol. The molecule has 0 radical (unpaired) electrons. The highest BCUT2D eigenvalue weighted by atomic mass is 19.1. The van der Waals surface area contributed by atoms with Crippen molar-refractivity contribution in [3.8, 4) is 0 Å². The molecule has 134 valence electrons. The van der Waals surface area contributed by atoms with Crippen LogP contribution in [0.25, 0.3) is 11.1 Å². The molecule has 0 unspecified atom stereocenters. The van der Waals surface area contributed by atoms with Crippen molar-refractivity contribution in [1.82, 2.24) is 14.9 Å². The van der Waals surface area contributed by atoms with Gasteiger partial charge in [0.2, 0.25) is 0 Å².